The molecule has 0 aromatic heterocycles. The lowest BCUT2D eigenvalue weighted by Gasteiger charge is -2.42. The van der Waals surface area contributed by atoms with Crippen molar-refractivity contribution in [2.75, 3.05) is 13.2 Å². The Morgan fingerprint density at radius 1 is 1.39 bits per heavy atom. The summed E-state index contributed by atoms with van der Waals surface area (Å²) in [5.74, 6) is 0.924. The molecule has 0 radical (unpaired) electrons. The quantitative estimate of drug-likeness (QED) is 0.769. The van der Waals surface area contributed by atoms with Crippen LogP contribution in [0.1, 0.15) is 41.0 Å². The second kappa shape index (κ2) is 6.69. The predicted octanol–water partition coefficient (Wildman–Crippen LogP) is 2.98. The van der Waals surface area contributed by atoms with Crippen molar-refractivity contribution >= 4 is 0 Å². The SMILES string of the molecule is C[C@@H]1COC(C)(C)O[C@H]1[C@H](C)C[C@@H](C)/C=C/CO. The Hall–Kier alpha value is -0.380. The second-order valence-electron chi connectivity index (χ2n) is 6.07. The van der Waals surface area contributed by atoms with E-state index in [1.165, 1.54) is 0 Å². The third-order valence-corrected chi connectivity index (χ3v) is 3.55. The molecule has 0 aliphatic carbocycles. The van der Waals surface area contributed by atoms with E-state index in [1.54, 1.807) is 0 Å². The number of rotatable bonds is 5. The second-order valence-corrected chi connectivity index (χ2v) is 6.07. The monoisotopic (exact) mass is 256 g/mol. The molecule has 1 aliphatic rings. The van der Waals surface area contributed by atoms with Crippen LogP contribution in [-0.2, 0) is 9.47 Å². The van der Waals surface area contributed by atoms with Crippen LogP contribution in [0.15, 0.2) is 12.2 Å². The molecule has 0 unspecified atom stereocenters. The standard InChI is InChI=1S/C15H28O3/c1-11(7-6-8-16)9-12(2)14-13(3)10-17-15(4,5)18-14/h6-7,11-14,16H,8-10H2,1-5H3/b7-6+/t11-,12+,13+,14-/m0/s1. The number of ether oxygens (including phenoxy) is 2. The van der Waals surface area contributed by atoms with Gasteiger partial charge in [-0.15, -0.1) is 0 Å². The maximum atomic E-state index is 8.78. The molecule has 106 valence electrons. The summed E-state index contributed by atoms with van der Waals surface area (Å²) in [6.07, 6.45) is 5.21. The van der Waals surface area contributed by atoms with E-state index in [1.807, 2.05) is 19.9 Å². The molecule has 1 N–H and O–H groups in total. The number of hydrogen-bond acceptors (Lipinski definition) is 3. The fourth-order valence-electron chi connectivity index (χ4n) is 2.67. The van der Waals surface area contributed by atoms with Crippen LogP contribution >= 0.6 is 0 Å². The molecule has 0 amide bonds. The van der Waals surface area contributed by atoms with Crippen LogP contribution in [0, 0.1) is 17.8 Å². The summed E-state index contributed by atoms with van der Waals surface area (Å²) in [6.45, 7) is 11.5. The summed E-state index contributed by atoms with van der Waals surface area (Å²) >= 11 is 0. The normalized spacial score (nSPS) is 31.4. The first-order valence-electron chi connectivity index (χ1n) is 6.95. The van der Waals surface area contributed by atoms with Crippen molar-refractivity contribution in [1.82, 2.24) is 0 Å². The van der Waals surface area contributed by atoms with Crippen molar-refractivity contribution in [1.29, 1.82) is 0 Å². The highest BCUT2D eigenvalue weighted by Gasteiger charge is 2.37. The third kappa shape index (κ3) is 4.71. The van der Waals surface area contributed by atoms with Gasteiger partial charge in [0.2, 0.25) is 0 Å². The zero-order valence-electron chi connectivity index (χ0n) is 12.3. The number of aliphatic hydroxyl groups excluding tert-OH is 1. The Labute approximate surface area is 111 Å². The van der Waals surface area contributed by atoms with Crippen LogP contribution in [0.25, 0.3) is 0 Å². The minimum absolute atomic E-state index is 0.121. The number of aliphatic hydroxyl groups is 1. The van der Waals surface area contributed by atoms with Gasteiger partial charge < -0.3 is 14.6 Å². The van der Waals surface area contributed by atoms with Crippen molar-refractivity contribution < 1.29 is 14.6 Å². The highest BCUT2D eigenvalue weighted by Crippen LogP contribution is 2.32. The Bertz CT molecular complexity index is 273. The molecular weight excluding hydrogens is 228 g/mol. The molecule has 0 spiro atoms. The summed E-state index contributed by atoms with van der Waals surface area (Å²) < 4.78 is 11.7. The van der Waals surface area contributed by atoms with Crippen LogP contribution in [0.4, 0.5) is 0 Å². The van der Waals surface area contributed by atoms with Gasteiger partial charge in [0, 0.05) is 5.92 Å². The Kier molecular flexibility index (Phi) is 5.83. The maximum Gasteiger partial charge on any atom is 0.163 e. The molecule has 0 aromatic rings. The molecule has 3 heteroatoms. The van der Waals surface area contributed by atoms with E-state index in [0.29, 0.717) is 17.8 Å². The van der Waals surface area contributed by atoms with Gasteiger partial charge in [0.25, 0.3) is 0 Å². The maximum absolute atomic E-state index is 8.78. The zero-order chi connectivity index (χ0) is 13.8. The summed E-state index contributed by atoms with van der Waals surface area (Å²) in [7, 11) is 0. The molecule has 1 saturated heterocycles. The van der Waals surface area contributed by atoms with Crippen LogP contribution in [-0.4, -0.2) is 30.2 Å². The van der Waals surface area contributed by atoms with E-state index in [0.717, 1.165) is 13.0 Å². The fourth-order valence-corrected chi connectivity index (χ4v) is 2.67. The molecular formula is C15H28O3. The first-order valence-corrected chi connectivity index (χ1v) is 6.95. The van der Waals surface area contributed by atoms with E-state index < -0.39 is 5.79 Å². The molecule has 1 heterocycles. The summed E-state index contributed by atoms with van der Waals surface area (Å²) in [5, 5.41) is 8.78. The van der Waals surface area contributed by atoms with E-state index in [9.17, 15) is 0 Å². The Balaban J connectivity index is 2.53. The number of allylic oxidation sites excluding steroid dienone is 1. The molecule has 1 rings (SSSR count). The van der Waals surface area contributed by atoms with Crippen molar-refractivity contribution in [2.45, 2.75) is 52.9 Å². The van der Waals surface area contributed by atoms with Gasteiger partial charge in [0.05, 0.1) is 19.3 Å². The Morgan fingerprint density at radius 2 is 2.06 bits per heavy atom. The topological polar surface area (TPSA) is 38.7 Å². The first-order chi connectivity index (χ1) is 8.35. The Morgan fingerprint density at radius 3 is 2.67 bits per heavy atom. The molecule has 0 aromatic carbocycles. The fraction of sp³-hybridized carbons (Fsp3) is 0.867. The average molecular weight is 256 g/mol. The van der Waals surface area contributed by atoms with E-state index >= 15 is 0 Å². The van der Waals surface area contributed by atoms with Crippen molar-refractivity contribution in [2.24, 2.45) is 17.8 Å². The van der Waals surface area contributed by atoms with E-state index in [-0.39, 0.29) is 12.7 Å². The summed E-state index contributed by atoms with van der Waals surface area (Å²) in [6, 6.07) is 0. The minimum Gasteiger partial charge on any atom is -0.392 e. The molecule has 3 nitrogen and oxygen atoms in total. The molecule has 4 atom stereocenters. The van der Waals surface area contributed by atoms with Crippen molar-refractivity contribution in [3.8, 4) is 0 Å². The lowest BCUT2D eigenvalue weighted by molar-refractivity contribution is -0.300. The molecule has 18 heavy (non-hydrogen) atoms. The lowest BCUT2D eigenvalue weighted by atomic mass is 9.86. The van der Waals surface area contributed by atoms with Gasteiger partial charge in [0.15, 0.2) is 5.79 Å². The summed E-state index contributed by atoms with van der Waals surface area (Å²) in [5.41, 5.74) is 0. The van der Waals surface area contributed by atoms with Gasteiger partial charge in [0.1, 0.15) is 0 Å². The predicted molar refractivity (Wildman–Crippen MR) is 73.2 cm³/mol. The first kappa shape index (κ1) is 15.7. The number of hydrogen-bond donors (Lipinski definition) is 1. The average Bonchev–Trinajstić information content (AvgIpc) is 2.29. The van der Waals surface area contributed by atoms with Crippen LogP contribution < -0.4 is 0 Å². The lowest BCUT2D eigenvalue weighted by Crippen LogP contribution is -2.47. The van der Waals surface area contributed by atoms with Gasteiger partial charge in [-0.3, -0.25) is 0 Å². The molecule has 0 saturated carbocycles. The highest BCUT2D eigenvalue weighted by atomic mass is 16.7. The van der Waals surface area contributed by atoms with E-state index in [4.69, 9.17) is 14.6 Å². The molecule has 1 fully saturated rings. The van der Waals surface area contributed by atoms with Gasteiger partial charge in [-0.1, -0.05) is 32.9 Å². The van der Waals surface area contributed by atoms with Crippen LogP contribution in [0.3, 0.4) is 0 Å². The van der Waals surface area contributed by atoms with Gasteiger partial charge >= 0.3 is 0 Å². The van der Waals surface area contributed by atoms with E-state index in [2.05, 4.69) is 26.8 Å². The largest absolute Gasteiger partial charge is 0.392 e. The van der Waals surface area contributed by atoms with Crippen molar-refractivity contribution in [3.05, 3.63) is 12.2 Å². The summed E-state index contributed by atoms with van der Waals surface area (Å²) in [4.78, 5) is 0. The highest BCUT2D eigenvalue weighted by molar-refractivity contribution is 4.88. The zero-order valence-corrected chi connectivity index (χ0v) is 12.3. The van der Waals surface area contributed by atoms with Gasteiger partial charge in [-0.05, 0) is 32.1 Å². The minimum atomic E-state index is -0.463. The van der Waals surface area contributed by atoms with Crippen LogP contribution in [0.2, 0.25) is 0 Å². The smallest absolute Gasteiger partial charge is 0.163 e. The third-order valence-electron chi connectivity index (χ3n) is 3.55. The van der Waals surface area contributed by atoms with Gasteiger partial charge in [-0.2, -0.15) is 0 Å². The molecule has 0 bridgehead atoms. The van der Waals surface area contributed by atoms with Crippen LogP contribution in [0.5, 0.6) is 0 Å². The van der Waals surface area contributed by atoms with Gasteiger partial charge in [-0.25, -0.2) is 0 Å². The molecule has 1 aliphatic heterocycles. The van der Waals surface area contributed by atoms with Crippen molar-refractivity contribution in [3.63, 3.8) is 0 Å².